The molecule has 136 valence electrons. The summed E-state index contributed by atoms with van der Waals surface area (Å²) in [6.07, 6.45) is 4.69. The van der Waals surface area contributed by atoms with Crippen LogP contribution in [-0.4, -0.2) is 50.2 Å². The van der Waals surface area contributed by atoms with Gasteiger partial charge < -0.3 is 10.5 Å². The average Bonchev–Trinajstić information content (AvgIpc) is 2.53. The second-order valence-electron chi connectivity index (χ2n) is 6.53. The molecule has 1 saturated heterocycles. The van der Waals surface area contributed by atoms with Crippen molar-refractivity contribution in [3.8, 4) is 0 Å². The van der Waals surface area contributed by atoms with Crippen LogP contribution in [-0.2, 0) is 19.6 Å². The van der Waals surface area contributed by atoms with Crippen molar-refractivity contribution in [3.05, 3.63) is 0 Å². The highest BCUT2D eigenvalue weighted by Gasteiger charge is 2.46. The summed E-state index contributed by atoms with van der Waals surface area (Å²) in [6, 6.07) is -0.154. The zero-order valence-electron chi connectivity index (χ0n) is 13.9. The van der Waals surface area contributed by atoms with Gasteiger partial charge in [-0.05, 0) is 31.6 Å². The predicted molar refractivity (Wildman–Crippen MR) is 91.9 cm³/mol. The molecule has 1 aliphatic carbocycles. The van der Waals surface area contributed by atoms with E-state index in [1.165, 1.54) is 7.11 Å². The molecule has 0 spiro atoms. The van der Waals surface area contributed by atoms with Gasteiger partial charge in [-0.3, -0.25) is 4.79 Å². The number of ether oxygens (including phenoxy) is 1. The lowest BCUT2D eigenvalue weighted by molar-refractivity contribution is -0.146. The Bertz CT molecular complexity index is 500. The van der Waals surface area contributed by atoms with E-state index in [-0.39, 0.29) is 24.4 Å². The molecule has 4 unspecified atom stereocenters. The molecule has 0 amide bonds. The number of methoxy groups -OCH3 is 1. The van der Waals surface area contributed by atoms with E-state index >= 15 is 0 Å². The number of sulfonamides is 1. The number of piperidine rings is 1. The van der Waals surface area contributed by atoms with Crippen molar-refractivity contribution >= 4 is 28.4 Å². The summed E-state index contributed by atoms with van der Waals surface area (Å²) < 4.78 is 32.7. The monoisotopic (exact) mass is 368 g/mol. The SMILES string of the molecule is COC(=O)C1CCCCC1S(=O)(=O)N1CCCC(C)C1CN.Cl. The molecule has 0 aromatic carbocycles. The summed E-state index contributed by atoms with van der Waals surface area (Å²) in [5, 5.41) is -0.659. The van der Waals surface area contributed by atoms with E-state index in [0.717, 1.165) is 25.7 Å². The van der Waals surface area contributed by atoms with Gasteiger partial charge in [-0.15, -0.1) is 12.4 Å². The Hall–Kier alpha value is -0.370. The summed E-state index contributed by atoms with van der Waals surface area (Å²) >= 11 is 0. The molecule has 0 aromatic rings. The Kier molecular flexibility index (Phi) is 7.77. The Morgan fingerprint density at radius 2 is 1.87 bits per heavy atom. The number of hydrogen-bond donors (Lipinski definition) is 1. The third-order valence-corrected chi connectivity index (χ3v) is 7.66. The summed E-state index contributed by atoms with van der Waals surface area (Å²) in [4.78, 5) is 12.0. The number of rotatable bonds is 4. The van der Waals surface area contributed by atoms with Crippen molar-refractivity contribution in [3.63, 3.8) is 0 Å². The van der Waals surface area contributed by atoms with Crippen LogP contribution in [0.4, 0.5) is 0 Å². The van der Waals surface area contributed by atoms with Crippen molar-refractivity contribution in [1.82, 2.24) is 4.31 Å². The normalized spacial score (nSPS) is 32.8. The summed E-state index contributed by atoms with van der Waals surface area (Å²) in [6.45, 7) is 2.90. The lowest BCUT2D eigenvalue weighted by atomic mass is 9.89. The Balaban J connectivity index is 0.00000264. The molecule has 1 saturated carbocycles. The second kappa shape index (κ2) is 8.65. The van der Waals surface area contributed by atoms with Gasteiger partial charge in [0.25, 0.3) is 0 Å². The molecule has 2 N–H and O–H groups in total. The van der Waals surface area contributed by atoms with E-state index in [0.29, 0.717) is 25.9 Å². The van der Waals surface area contributed by atoms with Gasteiger partial charge in [-0.1, -0.05) is 19.8 Å². The van der Waals surface area contributed by atoms with Crippen LogP contribution in [0.25, 0.3) is 0 Å². The lowest BCUT2D eigenvalue weighted by Crippen LogP contribution is -2.55. The quantitative estimate of drug-likeness (QED) is 0.760. The van der Waals surface area contributed by atoms with Gasteiger partial charge in [-0.2, -0.15) is 4.31 Å². The van der Waals surface area contributed by atoms with Gasteiger partial charge in [0, 0.05) is 19.1 Å². The summed E-state index contributed by atoms with van der Waals surface area (Å²) in [5.41, 5.74) is 5.83. The van der Waals surface area contributed by atoms with Crippen molar-refractivity contribution < 1.29 is 17.9 Å². The lowest BCUT2D eigenvalue weighted by Gasteiger charge is -2.42. The number of esters is 1. The van der Waals surface area contributed by atoms with Crippen LogP contribution in [0.5, 0.6) is 0 Å². The first-order chi connectivity index (χ1) is 10.4. The Morgan fingerprint density at radius 1 is 1.22 bits per heavy atom. The van der Waals surface area contributed by atoms with E-state index in [9.17, 15) is 13.2 Å². The van der Waals surface area contributed by atoms with Crippen LogP contribution in [0.15, 0.2) is 0 Å². The highest BCUT2D eigenvalue weighted by atomic mass is 35.5. The molecule has 0 aromatic heterocycles. The third kappa shape index (κ3) is 4.18. The van der Waals surface area contributed by atoms with E-state index in [1.54, 1.807) is 4.31 Å². The van der Waals surface area contributed by atoms with E-state index < -0.39 is 27.2 Å². The van der Waals surface area contributed by atoms with Gasteiger partial charge in [0.2, 0.25) is 10.0 Å². The fourth-order valence-corrected chi connectivity index (χ4v) is 6.45. The minimum atomic E-state index is -3.53. The molecule has 1 aliphatic heterocycles. The molecule has 2 fully saturated rings. The minimum Gasteiger partial charge on any atom is -0.469 e. The van der Waals surface area contributed by atoms with Gasteiger partial charge in [0.05, 0.1) is 18.3 Å². The van der Waals surface area contributed by atoms with Gasteiger partial charge in [0.1, 0.15) is 0 Å². The van der Waals surface area contributed by atoms with Crippen LogP contribution >= 0.6 is 12.4 Å². The predicted octanol–water partition coefficient (Wildman–Crippen LogP) is 1.53. The fourth-order valence-electron chi connectivity index (χ4n) is 3.93. The standard InChI is InChI=1S/C15H28N2O4S.ClH/c1-11-6-5-9-17(13(11)10-16)22(19,20)14-8-4-3-7-12(14)15(18)21-2;/h11-14H,3-10,16H2,1-2H3;1H. The summed E-state index contributed by atoms with van der Waals surface area (Å²) in [7, 11) is -2.21. The van der Waals surface area contributed by atoms with E-state index in [1.807, 2.05) is 0 Å². The maximum absolute atomic E-state index is 13.1. The first-order valence-electron chi connectivity index (χ1n) is 8.22. The van der Waals surface area contributed by atoms with Crippen LogP contribution in [0.1, 0.15) is 45.4 Å². The van der Waals surface area contributed by atoms with Crippen LogP contribution in [0, 0.1) is 11.8 Å². The third-order valence-electron chi connectivity index (χ3n) is 5.22. The molecule has 2 rings (SSSR count). The Labute approximate surface area is 145 Å². The molecular weight excluding hydrogens is 340 g/mol. The fraction of sp³-hybridized carbons (Fsp3) is 0.933. The second-order valence-corrected chi connectivity index (χ2v) is 8.64. The molecule has 0 bridgehead atoms. The first kappa shape index (κ1) is 20.7. The number of carbonyl (C=O) groups is 1. The number of nitrogens with two attached hydrogens (primary N) is 1. The molecule has 1 heterocycles. The summed E-state index contributed by atoms with van der Waals surface area (Å²) in [5.74, 6) is -0.685. The minimum absolute atomic E-state index is 0. The average molecular weight is 369 g/mol. The number of halogens is 1. The van der Waals surface area contributed by atoms with Crippen LogP contribution < -0.4 is 5.73 Å². The van der Waals surface area contributed by atoms with Crippen molar-refractivity contribution in [2.45, 2.75) is 56.7 Å². The molecule has 23 heavy (non-hydrogen) atoms. The maximum atomic E-state index is 13.1. The van der Waals surface area contributed by atoms with E-state index in [4.69, 9.17) is 10.5 Å². The number of hydrogen-bond acceptors (Lipinski definition) is 5. The number of carbonyl (C=O) groups excluding carboxylic acids is 1. The largest absolute Gasteiger partial charge is 0.469 e. The van der Waals surface area contributed by atoms with Crippen molar-refractivity contribution in [2.75, 3.05) is 20.2 Å². The van der Waals surface area contributed by atoms with Crippen LogP contribution in [0.2, 0.25) is 0 Å². The zero-order valence-corrected chi connectivity index (χ0v) is 15.6. The van der Waals surface area contributed by atoms with Gasteiger partial charge in [0.15, 0.2) is 0 Å². The molecule has 8 heteroatoms. The molecule has 4 atom stereocenters. The smallest absolute Gasteiger partial charge is 0.310 e. The van der Waals surface area contributed by atoms with Gasteiger partial charge in [-0.25, -0.2) is 8.42 Å². The molecular formula is C15H29ClN2O4S. The Morgan fingerprint density at radius 3 is 2.48 bits per heavy atom. The van der Waals surface area contributed by atoms with Crippen molar-refractivity contribution in [2.24, 2.45) is 17.6 Å². The highest BCUT2D eigenvalue weighted by molar-refractivity contribution is 7.89. The first-order valence-corrected chi connectivity index (χ1v) is 9.72. The highest BCUT2D eigenvalue weighted by Crippen LogP contribution is 2.35. The molecule has 6 nitrogen and oxygen atoms in total. The molecule has 0 radical (unpaired) electrons. The van der Waals surface area contributed by atoms with E-state index in [2.05, 4.69) is 6.92 Å². The zero-order chi connectivity index (χ0) is 16.3. The van der Waals surface area contributed by atoms with Crippen LogP contribution in [0.3, 0.4) is 0 Å². The number of nitrogens with zero attached hydrogens (tertiary/aromatic N) is 1. The maximum Gasteiger partial charge on any atom is 0.310 e. The van der Waals surface area contributed by atoms with Gasteiger partial charge >= 0.3 is 5.97 Å². The van der Waals surface area contributed by atoms with Crippen molar-refractivity contribution in [1.29, 1.82) is 0 Å². The molecule has 2 aliphatic rings. The topological polar surface area (TPSA) is 89.7 Å².